The van der Waals surface area contributed by atoms with E-state index >= 15 is 0 Å². The summed E-state index contributed by atoms with van der Waals surface area (Å²) < 4.78 is 11.3. The second-order valence-electron chi connectivity index (χ2n) is 4.01. The molecule has 0 spiro atoms. The maximum atomic E-state index is 11.8. The monoisotopic (exact) mass is 351 g/mol. The molecule has 0 atom stereocenters. The average molecular weight is 352 g/mol. The van der Waals surface area contributed by atoms with E-state index in [1.165, 1.54) is 6.21 Å². The van der Waals surface area contributed by atoms with Gasteiger partial charge in [-0.15, -0.1) is 0 Å². The van der Waals surface area contributed by atoms with Gasteiger partial charge in [0.25, 0.3) is 5.91 Å². The van der Waals surface area contributed by atoms with Crippen LogP contribution in [0, 0.1) is 0 Å². The number of hydrazone groups is 1. The summed E-state index contributed by atoms with van der Waals surface area (Å²) in [6, 6.07) is 7.07. The Hall–Kier alpha value is -2.28. The second kappa shape index (κ2) is 6.94. The van der Waals surface area contributed by atoms with Crippen LogP contribution < -0.4 is 14.9 Å². The van der Waals surface area contributed by atoms with Gasteiger partial charge < -0.3 is 14.5 Å². The van der Waals surface area contributed by atoms with Gasteiger partial charge in [0.2, 0.25) is 0 Å². The number of rotatable bonds is 5. The Kier molecular flexibility index (Phi) is 4.99. The van der Waals surface area contributed by atoms with E-state index in [1.807, 2.05) is 12.1 Å². The zero-order valence-corrected chi connectivity index (χ0v) is 13.1. The molecule has 2 aromatic rings. The quantitative estimate of drug-likeness (QED) is 0.642. The summed E-state index contributed by atoms with van der Waals surface area (Å²) in [5.41, 5.74) is 3.54. The Morgan fingerprint density at radius 1 is 1.38 bits per heavy atom. The zero-order chi connectivity index (χ0) is 15.2. The number of hydrogen-bond acceptors (Lipinski definition) is 4. The number of nitrogens with zero attached hydrogens (tertiary/aromatic N) is 1. The topological polar surface area (TPSA) is 75.7 Å². The first-order valence-corrected chi connectivity index (χ1v) is 6.83. The summed E-state index contributed by atoms with van der Waals surface area (Å²) in [6.45, 7) is 0. The molecule has 0 aliphatic carbocycles. The molecular formula is C14H14BrN3O3. The van der Waals surface area contributed by atoms with Gasteiger partial charge in [0, 0.05) is 16.2 Å². The van der Waals surface area contributed by atoms with E-state index in [-0.39, 0.29) is 5.91 Å². The number of carbonyl (C=O) groups excluding carboxylic acids is 1. The molecule has 1 aromatic carbocycles. The smallest absolute Gasteiger partial charge is 0.287 e. The summed E-state index contributed by atoms with van der Waals surface area (Å²) in [5.74, 6) is 0.820. The SMILES string of the molecule is COc1cccc(/C=N\NC(=O)c2cc(Br)c[nH]2)c1OC. The fourth-order valence-corrected chi connectivity index (χ4v) is 2.08. The Morgan fingerprint density at radius 3 is 2.81 bits per heavy atom. The maximum Gasteiger partial charge on any atom is 0.287 e. The number of aromatic nitrogens is 1. The lowest BCUT2D eigenvalue weighted by molar-refractivity contribution is 0.0951. The second-order valence-corrected chi connectivity index (χ2v) is 4.93. The summed E-state index contributed by atoms with van der Waals surface area (Å²) in [5, 5.41) is 3.92. The first-order chi connectivity index (χ1) is 10.2. The molecule has 0 radical (unpaired) electrons. The molecular weight excluding hydrogens is 338 g/mol. The maximum absolute atomic E-state index is 11.8. The van der Waals surface area contributed by atoms with Crippen molar-refractivity contribution < 1.29 is 14.3 Å². The Morgan fingerprint density at radius 2 is 2.19 bits per heavy atom. The van der Waals surface area contributed by atoms with Crippen LogP contribution in [0.3, 0.4) is 0 Å². The fraction of sp³-hybridized carbons (Fsp3) is 0.143. The third-order valence-corrected chi connectivity index (χ3v) is 3.15. The number of nitrogens with one attached hydrogen (secondary N) is 2. The highest BCUT2D eigenvalue weighted by Gasteiger charge is 2.08. The van der Waals surface area contributed by atoms with Gasteiger partial charge in [-0.2, -0.15) is 5.10 Å². The highest BCUT2D eigenvalue weighted by Crippen LogP contribution is 2.29. The van der Waals surface area contributed by atoms with Crippen LogP contribution in [0.5, 0.6) is 11.5 Å². The molecule has 2 N–H and O–H groups in total. The number of halogens is 1. The van der Waals surface area contributed by atoms with Gasteiger partial charge >= 0.3 is 0 Å². The molecule has 0 fully saturated rings. The largest absolute Gasteiger partial charge is 0.493 e. The van der Waals surface area contributed by atoms with Gasteiger partial charge in [0.1, 0.15) is 5.69 Å². The van der Waals surface area contributed by atoms with Crippen molar-refractivity contribution in [1.82, 2.24) is 10.4 Å². The fourth-order valence-electron chi connectivity index (χ4n) is 1.73. The van der Waals surface area contributed by atoms with Gasteiger partial charge in [0.15, 0.2) is 11.5 Å². The molecule has 6 nitrogen and oxygen atoms in total. The summed E-state index contributed by atoms with van der Waals surface area (Å²) >= 11 is 3.26. The van der Waals surface area contributed by atoms with Gasteiger partial charge in [-0.3, -0.25) is 4.79 Å². The molecule has 0 aliphatic rings. The Bertz CT molecular complexity index is 667. The van der Waals surface area contributed by atoms with Crippen LogP contribution in [-0.4, -0.2) is 31.3 Å². The zero-order valence-electron chi connectivity index (χ0n) is 11.5. The lowest BCUT2D eigenvalue weighted by Gasteiger charge is -2.09. The van der Waals surface area contributed by atoms with Crippen molar-refractivity contribution in [3.8, 4) is 11.5 Å². The third kappa shape index (κ3) is 3.63. The number of ether oxygens (including phenoxy) is 2. The number of para-hydroxylation sites is 1. The van der Waals surface area contributed by atoms with Crippen molar-refractivity contribution in [2.24, 2.45) is 5.10 Å². The van der Waals surface area contributed by atoms with Crippen LogP contribution in [0.25, 0.3) is 0 Å². The van der Waals surface area contributed by atoms with Crippen LogP contribution >= 0.6 is 15.9 Å². The lowest BCUT2D eigenvalue weighted by Crippen LogP contribution is -2.17. The highest BCUT2D eigenvalue weighted by atomic mass is 79.9. The molecule has 0 saturated heterocycles. The van der Waals surface area contributed by atoms with Crippen molar-refractivity contribution in [3.63, 3.8) is 0 Å². The first kappa shape index (κ1) is 15.1. The van der Waals surface area contributed by atoms with E-state index in [1.54, 1.807) is 32.5 Å². The van der Waals surface area contributed by atoms with Crippen LogP contribution in [0.2, 0.25) is 0 Å². The number of carbonyl (C=O) groups is 1. The van der Waals surface area contributed by atoms with Gasteiger partial charge in [0.05, 0.1) is 20.4 Å². The molecule has 0 bridgehead atoms. The number of amides is 1. The van der Waals surface area contributed by atoms with E-state index in [9.17, 15) is 4.79 Å². The molecule has 1 amide bonds. The van der Waals surface area contributed by atoms with Crippen LogP contribution in [-0.2, 0) is 0 Å². The van der Waals surface area contributed by atoms with Crippen molar-refractivity contribution >= 4 is 28.1 Å². The standard InChI is InChI=1S/C14H14BrN3O3/c1-20-12-5-3-4-9(13(12)21-2)7-17-18-14(19)11-6-10(15)8-16-11/h3-8,16H,1-2H3,(H,18,19)/b17-7-. The molecule has 110 valence electrons. The van der Waals surface area contributed by atoms with E-state index in [2.05, 4.69) is 31.4 Å². The van der Waals surface area contributed by atoms with Crippen LogP contribution in [0.4, 0.5) is 0 Å². The first-order valence-electron chi connectivity index (χ1n) is 6.04. The minimum Gasteiger partial charge on any atom is -0.493 e. The number of methoxy groups -OCH3 is 2. The van der Waals surface area contributed by atoms with Gasteiger partial charge in [-0.25, -0.2) is 5.43 Å². The summed E-state index contributed by atoms with van der Waals surface area (Å²) in [6.07, 6.45) is 3.17. The third-order valence-electron chi connectivity index (χ3n) is 2.70. The molecule has 0 unspecified atom stereocenters. The predicted octanol–water partition coefficient (Wildman–Crippen LogP) is 2.56. The van der Waals surface area contributed by atoms with Crippen molar-refractivity contribution in [2.45, 2.75) is 0 Å². The minimum atomic E-state index is -0.334. The summed E-state index contributed by atoms with van der Waals surface area (Å²) in [4.78, 5) is 14.6. The molecule has 2 rings (SSSR count). The van der Waals surface area contributed by atoms with Gasteiger partial charge in [-0.05, 0) is 34.1 Å². The molecule has 7 heteroatoms. The van der Waals surface area contributed by atoms with Crippen LogP contribution in [0.1, 0.15) is 16.1 Å². The molecule has 0 saturated carbocycles. The lowest BCUT2D eigenvalue weighted by atomic mass is 10.2. The van der Waals surface area contributed by atoms with E-state index in [0.717, 1.165) is 4.47 Å². The highest BCUT2D eigenvalue weighted by molar-refractivity contribution is 9.10. The van der Waals surface area contributed by atoms with Crippen molar-refractivity contribution in [3.05, 3.63) is 46.2 Å². The molecule has 1 aromatic heterocycles. The predicted molar refractivity (Wildman–Crippen MR) is 83.1 cm³/mol. The summed E-state index contributed by atoms with van der Waals surface area (Å²) in [7, 11) is 3.11. The Balaban J connectivity index is 2.09. The van der Waals surface area contributed by atoms with E-state index in [0.29, 0.717) is 22.8 Å². The number of aromatic amines is 1. The number of benzene rings is 1. The minimum absolute atomic E-state index is 0.334. The average Bonchev–Trinajstić information content (AvgIpc) is 2.93. The van der Waals surface area contributed by atoms with Crippen molar-refractivity contribution in [2.75, 3.05) is 14.2 Å². The van der Waals surface area contributed by atoms with E-state index in [4.69, 9.17) is 9.47 Å². The van der Waals surface area contributed by atoms with Gasteiger partial charge in [-0.1, -0.05) is 6.07 Å². The van der Waals surface area contributed by atoms with Crippen molar-refractivity contribution in [1.29, 1.82) is 0 Å². The molecule has 21 heavy (non-hydrogen) atoms. The molecule has 0 aliphatic heterocycles. The van der Waals surface area contributed by atoms with Crippen LogP contribution in [0.15, 0.2) is 40.0 Å². The van der Waals surface area contributed by atoms with E-state index < -0.39 is 0 Å². The normalized spacial score (nSPS) is 10.6. The number of H-pyrrole nitrogens is 1. The molecule has 1 heterocycles. The Labute approximate surface area is 130 Å². The number of hydrogen-bond donors (Lipinski definition) is 2.